The zero-order valence-electron chi connectivity index (χ0n) is 18.6. The van der Waals surface area contributed by atoms with Crippen molar-refractivity contribution in [1.82, 2.24) is 0 Å². The fraction of sp³-hybridized carbons (Fsp3) is 0.185. The van der Waals surface area contributed by atoms with Crippen LogP contribution in [0.2, 0.25) is 30.0 Å². The van der Waals surface area contributed by atoms with Crippen molar-refractivity contribution in [2.24, 2.45) is 0 Å². The molecule has 2 nitrogen and oxygen atoms in total. The normalized spacial score (nSPS) is 14.0. The van der Waals surface area contributed by atoms with Gasteiger partial charge in [-0.05, 0) is 47.4 Å². The summed E-state index contributed by atoms with van der Waals surface area (Å²) in [5, 5.41) is 12.5. The van der Waals surface area contributed by atoms with E-state index in [1.165, 1.54) is 32.9 Å². The van der Waals surface area contributed by atoms with Gasteiger partial charge in [-0.15, -0.1) is 0 Å². The first kappa shape index (κ1) is 21.2. The van der Waals surface area contributed by atoms with E-state index in [-0.39, 0.29) is 6.98 Å². The van der Waals surface area contributed by atoms with Crippen molar-refractivity contribution in [2.45, 2.75) is 31.4 Å². The van der Waals surface area contributed by atoms with E-state index in [1.807, 2.05) is 12.1 Å². The topological polar surface area (TPSA) is 24.1 Å². The maximum atomic E-state index is 6.61. The minimum absolute atomic E-state index is 0.179. The Bertz CT molecular complexity index is 1200. The molecule has 5 heteroatoms. The number of nitrogens with one attached hydrogen (secondary N) is 2. The standard InChI is InChI=1S/C27H28BClN2Si/c1-32(2,22-13-4-3-5-14-22)23(18-21-10-6-7-15-24(21)29)19-28-30-25-16-8-11-20-12-9-17-26(31-28)27(20)25/h3-17,23,30-31H,18-19H2,1-2H3. The van der Waals surface area contributed by atoms with Gasteiger partial charge in [-0.1, -0.05) is 103 Å². The fourth-order valence-electron chi connectivity index (χ4n) is 5.06. The van der Waals surface area contributed by atoms with Crippen LogP contribution in [0.25, 0.3) is 10.8 Å². The monoisotopic (exact) mass is 454 g/mol. The van der Waals surface area contributed by atoms with Crippen molar-refractivity contribution in [3.05, 3.63) is 102 Å². The number of halogens is 1. The first-order valence-electron chi connectivity index (χ1n) is 11.4. The molecule has 1 aliphatic rings. The Hall–Kier alpha value is -2.69. The smallest absolute Gasteiger partial charge is 0.370 e. The minimum Gasteiger partial charge on any atom is -0.409 e. The van der Waals surface area contributed by atoms with E-state index in [1.54, 1.807) is 0 Å². The number of hydrogen-bond donors (Lipinski definition) is 2. The van der Waals surface area contributed by atoms with Crippen LogP contribution in [0.15, 0.2) is 91.0 Å². The molecule has 0 fully saturated rings. The summed E-state index contributed by atoms with van der Waals surface area (Å²) in [6, 6.07) is 32.4. The maximum Gasteiger partial charge on any atom is 0.370 e. The zero-order valence-corrected chi connectivity index (χ0v) is 20.4. The predicted molar refractivity (Wildman–Crippen MR) is 144 cm³/mol. The molecule has 1 unspecified atom stereocenters. The van der Waals surface area contributed by atoms with Crippen molar-refractivity contribution in [2.75, 3.05) is 10.5 Å². The Balaban J connectivity index is 1.48. The Morgan fingerprint density at radius 1 is 0.781 bits per heavy atom. The molecule has 0 amide bonds. The van der Waals surface area contributed by atoms with Gasteiger partial charge >= 0.3 is 6.98 Å². The highest BCUT2D eigenvalue weighted by Crippen LogP contribution is 2.38. The Morgan fingerprint density at radius 2 is 1.41 bits per heavy atom. The highest BCUT2D eigenvalue weighted by Gasteiger charge is 2.38. The Labute approximate surface area is 197 Å². The van der Waals surface area contributed by atoms with E-state index < -0.39 is 8.07 Å². The van der Waals surface area contributed by atoms with Crippen molar-refractivity contribution < 1.29 is 0 Å². The van der Waals surface area contributed by atoms with Crippen molar-refractivity contribution >= 4 is 54.0 Å². The third-order valence-electron chi connectivity index (χ3n) is 7.05. The van der Waals surface area contributed by atoms with E-state index in [0.717, 1.165) is 17.8 Å². The summed E-state index contributed by atoms with van der Waals surface area (Å²) < 4.78 is 0. The van der Waals surface area contributed by atoms with Crippen LogP contribution in [-0.4, -0.2) is 15.1 Å². The summed E-state index contributed by atoms with van der Waals surface area (Å²) in [7, 11) is -1.79. The van der Waals surface area contributed by atoms with E-state index in [4.69, 9.17) is 11.6 Å². The van der Waals surface area contributed by atoms with E-state index >= 15 is 0 Å². The third-order valence-corrected chi connectivity index (χ3v) is 11.7. The van der Waals surface area contributed by atoms with E-state index in [2.05, 4.69) is 102 Å². The van der Waals surface area contributed by atoms with Gasteiger partial charge in [0.15, 0.2) is 0 Å². The lowest BCUT2D eigenvalue weighted by molar-refractivity contribution is 0.869. The molecule has 1 aliphatic heterocycles. The molecule has 32 heavy (non-hydrogen) atoms. The molecule has 0 aromatic heterocycles. The van der Waals surface area contributed by atoms with Crippen molar-refractivity contribution in [3.8, 4) is 0 Å². The van der Waals surface area contributed by atoms with Gasteiger partial charge in [0.05, 0.1) is 8.07 Å². The Kier molecular flexibility index (Phi) is 5.75. The molecule has 160 valence electrons. The number of benzene rings is 4. The summed E-state index contributed by atoms with van der Waals surface area (Å²) in [6.45, 7) is 5.18. The van der Waals surface area contributed by atoms with Crippen LogP contribution in [0, 0.1) is 0 Å². The first-order chi connectivity index (χ1) is 15.5. The lowest BCUT2D eigenvalue weighted by Gasteiger charge is -2.37. The first-order valence-corrected chi connectivity index (χ1v) is 14.8. The summed E-state index contributed by atoms with van der Waals surface area (Å²) in [5.74, 6) is 0. The van der Waals surface area contributed by atoms with Crippen LogP contribution in [0.1, 0.15) is 5.56 Å². The highest BCUT2D eigenvalue weighted by atomic mass is 35.5. The van der Waals surface area contributed by atoms with Gasteiger partial charge < -0.3 is 10.5 Å². The molecule has 0 aliphatic carbocycles. The van der Waals surface area contributed by atoms with Gasteiger partial charge in [0.2, 0.25) is 0 Å². The van der Waals surface area contributed by atoms with Gasteiger partial charge in [-0.3, -0.25) is 0 Å². The van der Waals surface area contributed by atoms with Crippen molar-refractivity contribution in [1.29, 1.82) is 0 Å². The number of rotatable bonds is 6. The Morgan fingerprint density at radius 3 is 2.06 bits per heavy atom. The molecular weight excluding hydrogens is 427 g/mol. The maximum absolute atomic E-state index is 6.61. The molecule has 1 atom stereocenters. The zero-order chi connectivity index (χ0) is 22.1. The average Bonchev–Trinajstić information content (AvgIpc) is 2.81. The van der Waals surface area contributed by atoms with Crippen LogP contribution >= 0.6 is 11.6 Å². The average molecular weight is 455 g/mol. The summed E-state index contributed by atoms with van der Waals surface area (Å²) in [4.78, 5) is 0. The van der Waals surface area contributed by atoms with Crippen LogP contribution in [0.3, 0.4) is 0 Å². The SMILES string of the molecule is C[Si](C)(c1ccccc1)C(CB1Nc2cccc3cccc(c23)N1)Cc1ccccc1Cl. The van der Waals surface area contributed by atoms with Crippen LogP contribution in [0.5, 0.6) is 0 Å². The number of hydrogen-bond acceptors (Lipinski definition) is 2. The molecule has 4 aromatic rings. The predicted octanol–water partition coefficient (Wildman–Crippen LogP) is 7.05. The second kappa shape index (κ2) is 8.68. The van der Waals surface area contributed by atoms with Crippen molar-refractivity contribution in [3.63, 3.8) is 0 Å². The van der Waals surface area contributed by atoms with E-state index in [9.17, 15) is 0 Å². The second-order valence-electron chi connectivity index (χ2n) is 9.37. The summed E-state index contributed by atoms with van der Waals surface area (Å²) in [6.07, 6.45) is 2.02. The fourth-order valence-corrected chi connectivity index (χ4v) is 8.35. The van der Waals surface area contributed by atoms with Gasteiger partial charge in [-0.2, -0.15) is 0 Å². The molecule has 0 bridgehead atoms. The number of anilines is 2. The molecule has 5 rings (SSSR count). The molecule has 4 aromatic carbocycles. The van der Waals surface area contributed by atoms with Gasteiger partial charge in [0.1, 0.15) is 0 Å². The highest BCUT2D eigenvalue weighted by molar-refractivity contribution is 6.92. The largest absolute Gasteiger partial charge is 0.409 e. The van der Waals surface area contributed by atoms with Gasteiger partial charge in [-0.25, -0.2) is 0 Å². The molecule has 0 spiro atoms. The van der Waals surface area contributed by atoms with Crippen LogP contribution in [0.4, 0.5) is 11.4 Å². The summed E-state index contributed by atoms with van der Waals surface area (Å²) in [5.41, 5.74) is 4.20. The van der Waals surface area contributed by atoms with Gasteiger partial charge in [0, 0.05) is 21.8 Å². The molecule has 0 saturated carbocycles. The molecular formula is C27H28BClN2Si. The van der Waals surface area contributed by atoms with E-state index in [0.29, 0.717) is 5.54 Å². The van der Waals surface area contributed by atoms with Crippen LogP contribution in [-0.2, 0) is 6.42 Å². The lowest BCUT2D eigenvalue weighted by atomic mass is 9.68. The summed E-state index contributed by atoms with van der Waals surface area (Å²) >= 11 is 6.61. The van der Waals surface area contributed by atoms with Gasteiger partial charge in [0.25, 0.3) is 0 Å². The third kappa shape index (κ3) is 4.05. The molecule has 0 saturated heterocycles. The second-order valence-corrected chi connectivity index (χ2v) is 14.6. The quantitative estimate of drug-likeness (QED) is 0.305. The molecule has 0 radical (unpaired) electrons. The molecule has 2 N–H and O–H groups in total. The van der Waals surface area contributed by atoms with Crippen LogP contribution < -0.4 is 15.6 Å². The molecule has 1 heterocycles. The minimum atomic E-state index is -1.79. The lowest BCUT2D eigenvalue weighted by Crippen LogP contribution is -2.50.